The summed E-state index contributed by atoms with van der Waals surface area (Å²) in [6.45, 7) is 29.6. The van der Waals surface area contributed by atoms with Gasteiger partial charge in [0.05, 0.1) is 0 Å². The molecule has 1 aromatic heterocycles. The summed E-state index contributed by atoms with van der Waals surface area (Å²) in [5, 5.41) is 0. The summed E-state index contributed by atoms with van der Waals surface area (Å²) in [6, 6.07) is 13.6. The second-order valence-electron chi connectivity index (χ2n) is 9.82. The maximum atomic E-state index is 7.50. The van der Waals surface area contributed by atoms with Crippen molar-refractivity contribution in [3.63, 3.8) is 0 Å². The molecule has 0 bridgehead atoms. The molecule has 37 heavy (non-hydrogen) atoms. The van der Waals surface area contributed by atoms with Crippen LogP contribution in [0, 0.1) is 20.2 Å². The van der Waals surface area contributed by atoms with E-state index in [-0.39, 0.29) is 15.1 Å². The van der Waals surface area contributed by atoms with Crippen LogP contribution in [-0.2, 0) is 24.4 Å². The Bertz CT molecular complexity index is 1010. The average molecular weight is 633 g/mol. The van der Waals surface area contributed by atoms with E-state index in [0.717, 1.165) is 0 Å². The maximum absolute atomic E-state index is 7.50. The monoisotopic (exact) mass is 632 g/mol. The van der Waals surface area contributed by atoms with E-state index < -0.39 is 0 Å². The number of nitrogens with zero attached hydrogens (tertiary/aromatic N) is 2. The molecule has 0 aliphatic carbocycles. The first-order valence-corrected chi connectivity index (χ1v) is 16.4. The zero-order chi connectivity index (χ0) is 28.9. The number of imidazole rings is 1. The van der Waals surface area contributed by atoms with E-state index in [4.69, 9.17) is 28.7 Å². The van der Waals surface area contributed by atoms with Gasteiger partial charge in [-0.15, -0.1) is 0 Å². The van der Waals surface area contributed by atoms with Crippen LogP contribution >= 0.6 is 19.4 Å². The number of halogens is 2. The third kappa shape index (κ3) is 8.95. The Morgan fingerprint density at radius 3 is 1.35 bits per heavy atom. The van der Waals surface area contributed by atoms with Crippen LogP contribution in [0.5, 0.6) is 0 Å². The molecule has 7 heteroatoms. The van der Waals surface area contributed by atoms with Crippen LogP contribution < -0.4 is 4.57 Å². The molecule has 0 fully saturated rings. The normalized spacial score (nSPS) is 10.5. The Kier molecular flexibility index (Phi) is 17.0. The van der Waals surface area contributed by atoms with Gasteiger partial charge >= 0.3 is 57.1 Å². The van der Waals surface area contributed by atoms with Crippen LogP contribution in [0.4, 0.5) is 0 Å². The summed E-state index contributed by atoms with van der Waals surface area (Å²) in [5.41, 5.74) is 8.35. The van der Waals surface area contributed by atoms with Crippen molar-refractivity contribution in [1.29, 1.82) is 0 Å². The van der Waals surface area contributed by atoms with Gasteiger partial charge in [0.2, 0.25) is 0 Å². The van der Waals surface area contributed by atoms with Gasteiger partial charge in [-0.05, 0) is 23.7 Å². The number of benzene rings is 2. The molecule has 0 amide bonds. The molecule has 0 radical (unpaired) electrons. The molecule has 4 nitrogen and oxygen atoms in total. The predicted octanol–water partition coefficient (Wildman–Crippen LogP) is 8.86. The van der Waals surface area contributed by atoms with Gasteiger partial charge in [-0.2, -0.15) is 9.13 Å². The van der Waals surface area contributed by atoms with E-state index >= 15 is 0 Å². The number of hydrogen-bond donors (Lipinski definition) is 0. The van der Waals surface area contributed by atoms with Crippen molar-refractivity contribution in [2.24, 2.45) is 0 Å². The second kappa shape index (κ2) is 17.8. The van der Waals surface area contributed by atoms with Gasteiger partial charge < -0.3 is 0 Å². The summed E-state index contributed by atoms with van der Waals surface area (Å²) >= 11 is -0.226. The Morgan fingerprint density at radius 2 is 1.03 bits per heavy atom. The van der Waals surface area contributed by atoms with Crippen LogP contribution in [0.2, 0.25) is 0 Å². The first kappa shape index (κ1) is 35.3. The van der Waals surface area contributed by atoms with Crippen molar-refractivity contribution in [3.05, 3.63) is 90.2 Å². The zero-order valence-corrected chi connectivity index (χ0v) is 26.4. The topological polar surface area (TPSA) is 48.6 Å². The molecule has 0 spiro atoms. The molecule has 3 aromatic rings. The van der Waals surface area contributed by atoms with Gasteiger partial charge in [0.25, 0.3) is 5.82 Å². The first-order chi connectivity index (χ1) is 17.6. The predicted molar refractivity (Wildman–Crippen MR) is 148 cm³/mol. The number of hydrogen-bond acceptors (Lipinski definition) is 0. The van der Waals surface area contributed by atoms with E-state index in [1.54, 1.807) is 0 Å². The fourth-order valence-corrected chi connectivity index (χ4v) is 4.52. The fourth-order valence-electron chi connectivity index (χ4n) is 4.52. The van der Waals surface area contributed by atoms with Crippen LogP contribution in [-0.4, -0.2) is 4.57 Å². The van der Waals surface area contributed by atoms with Gasteiger partial charge in [-0.1, -0.05) is 91.8 Å². The van der Waals surface area contributed by atoms with E-state index in [1.807, 2.05) is 0 Å². The summed E-state index contributed by atoms with van der Waals surface area (Å²) < 4.78 is 19.8. The third-order valence-corrected chi connectivity index (χ3v) is 6.23. The fraction of sp³-hybridized carbons (Fsp3) is 0.433. The summed E-state index contributed by atoms with van der Waals surface area (Å²) in [6.07, 6.45) is 4.51. The molecule has 3 rings (SSSR count). The van der Waals surface area contributed by atoms with Crippen LogP contribution in [0.25, 0.3) is 11.4 Å². The quantitative estimate of drug-likeness (QED) is 0.113. The van der Waals surface area contributed by atoms with Gasteiger partial charge in [0.15, 0.2) is 0 Å². The van der Waals surface area contributed by atoms with Crippen molar-refractivity contribution in [2.75, 3.05) is 0 Å². The molecular formula is C30H39Cl2N2O2Rh. The minimum atomic E-state index is -0.226. The van der Waals surface area contributed by atoms with Gasteiger partial charge in [0, 0.05) is 29.2 Å². The third-order valence-electron chi connectivity index (χ3n) is 6.23. The molecule has 204 valence electrons. The molecule has 0 atom stereocenters. The SMILES string of the molecule is Cc1n(-c2c(C(C)C)cccc2C(C)C)cc[n+]1-c1c(C(C)C)cccc1C(C)C.[C-]#[O+].[C-]#[O+].[Cl][Rh-][Cl]. The van der Waals surface area contributed by atoms with Gasteiger partial charge in [0.1, 0.15) is 23.8 Å². The van der Waals surface area contributed by atoms with E-state index in [1.165, 1.54) is 39.5 Å². The van der Waals surface area contributed by atoms with Crippen LogP contribution in [0.15, 0.2) is 48.8 Å². The number of para-hydroxylation sites is 2. The van der Waals surface area contributed by atoms with Crippen molar-refractivity contribution >= 4 is 19.4 Å². The van der Waals surface area contributed by atoms with Crippen LogP contribution in [0.1, 0.15) is 107 Å². The molecule has 0 saturated heterocycles. The molecule has 0 N–H and O–H groups in total. The standard InChI is InChI=1S/C28H39N2.2CO.2ClH.Rh/c1-18(2)23-12-10-13-24(19(3)4)27(23)29-16-17-30(22(29)9)28-25(20(5)6)14-11-15-26(28)21(7)8;2*1-2;;;/h10-21H,1-9H3;;;2*1H;/q+1;;;;;+1/p-2. The number of aromatic nitrogens is 2. The van der Waals surface area contributed by atoms with E-state index in [0.29, 0.717) is 23.7 Å². The Balaban J connectivity index is 0.00000169. The molecule has 2 aromatic carbocycles. The Morgan fingerprint density at radius 1 is 0.703 bits per heavy atom. The molecule has 1 heterocycles. The number of rotatable bonds is 6. The van der Waals surface area contributed by atoms with Gasteiger partial charge in [-0.25, -0.2) is 0 Å². The molecule has 0 saturated carbocycles. The van der Waals surface area contributed by atoms with E-state index in [9.17, 15) is 0 Å². The second-order valence-corrected chi connectivity index (χ2v) is 12.3. The minimum absolute atomic E-state index is 0.226. The van der Waals surface area contributed by atoms with E-state index in [2.05, 4.69) is 134 Å². The Labute approximate surface area is 239 Å². The average Bonchev–Trinajstić information content (AvgIpc) is 3.26. The van der Waals surface area contributed by atoms with Gasteiger partial charge in [-0.3, -0.25) is 0 Å². The van der Waals surface area contributed by atoms with Crippen LogP contribution in [0.3, 0.4) is 0 Å². The summed E-state index contributed by atoms with van der Waals surface area (Å²) in [7, 11) is 9.67. The van der Waals surface area contributed by atoms with Crippen molar-refractivity contribution in [2.45, 2.75) is 86.0 Å². The summed E-state index contributed by atoms with van der Waals surface area (Å²) in [4.78, 5) is 0. The van der Waals surface area contributed by atoms with Crippen molar-refractivity contribution in [3.8, 4) is 11.4 Å². The summed E-state index contributed by atoms with van der Waals surface area (Å²) in [5.74, 6) is 3.15. The molecule has 0 aliphatic rings. The van der Waals surface area contributed by atoms with Crippen molar-refractivity contribution in [1.82, 2.24) is 4.57 Å². The first-order valence-electron chi connectivity index (χ1n) is 12.2. The Hall–Kier alpha value is -1.67. The molecule has 0 aliphatic heterocycles. The van der Waals surface area contributed by atoms with Crippen molar-refractivity contribution < 1.29 is 29.0 Å². The molecule has 0 unspecified atom stereocenters. The molecular weight excluding hydrogens is 594 g/mol. The zero-order valence-electron chi connectivity index (χ0n) is 23.2.